The molecular weight excluding hydrogens is 474 g/mol. The summed E-state index contributed by atoms with van der Waals surface area (Å²) in [6, 6.07) is 18.0. The number of ether oxygens (including phenoxy) is 1. The Morgan fingerprint density at radius 1 is 1.11 bits per heavy atom. The average molecular weight is 512 g/mol. The molecule has 0 spiro atoms. The zero-order valence-electron chi connectivity index (χ0n) is 21.6. The van der Waals surface area contributed by atoms with Gasteiger partial charge >= 0.3 is 6.09 Å². The molecule has 3 rings (SSSR count). The second-order valence-electron chi connectivity index (χ2n) is 10.3. The molecule has 0 bridgehead atoms. The maximum absolute atomic E-state index is 12.8. The Bertz CT molecular complexity index is 1030. The minimum atomic E-state index is -1.25. The largest absolute Gasteiger partial charge is 0.445 e. The summed E-state index contributed by atoms with van der Waals surface area (Å²) in [4.78, 5) is 27.3. The number of nitrogens with zero attached hydrogens (tertiary/aromatic N) is 3. The summed E-state index contributed by atoms with van der Waals surface area (Å²) in [6.07, 6.45) is -2.12. The van der Waals surface area contributed by atoms with E-state index in [1.807, 2.05) is 86.3 Å². The molecule has 4 atom stereocenters. The lowest BCUT2D eigenvalue weighted by Gasteiger charge is -2.45. The summed E-state index contributed by atoms with van der Waals surface area (Å²) >= 11 is 0. The molecule has 2 aromatic rings. The van der Waals surface area contributed by atoms with Gasteiger partial charge < -0.3 is 26.0 Å². The summed E-state index contributed by atoms with van der Waals surface area (Å²) in [5.41, 5.74) is 5.92. The zero-order valence-corrected chi connectivity index (χ0v) is 21.6. The van der Waals surface area contributed by atoms with E-state index in [0.29, 0.717) is 6.42 Å². The highest BCUT2D eigenvalue weighted by Crippen LogP contribution is 2.39. The number of hydrogen-bond acceptors (Lipinski definition) is 8. The van der Waals surface area contributed by atoms with Gasteiger partial charge in [-0.3, -0.25) is 9.69 Å². The van der Waals surface area contributed by atoms with Crippen LogP contribution < -0.4 is 11.1 Å². The third-order valence-corrected chi connectivity index (χ3v) is 6.58. The number of carbonyl (C=O) groups excluding carboxylic acids is 2. The van der Waals surface area contributed by atoms with Crippen LogP contribution in [0.5, 0.6) is 0 Å². The lowest BCUT2D eigenvalue weighted by molar-refractivity contribution is -0.134. The first kappa shape index (κ1) is 29.7. The molecule has 1 aliphatic heterocycles. The molecule has 1 heterocycles. The molecule has 0 unspecified atom stereocenters. The Balaban J connectivity index is 0.00000235. The minimum Gasteiger partial charge on any atom is -0.445 e. The van der Waals surface area contributed by atoms with Crippen LogP contribution in [0.1, 0.15) is 44.7 Å². The maximum atomic E-state index is 12.8. The van der Waals surface area contributed by atoms with Crippen molar-refractivity contribution in [3.8, 4) is 0 Å². The van der Waals surface area contributed by atoms with Gasteiger partial charge in [0.2, 0.25) is 5.91 Å². The van der Waals surface area contributed by atoms with E-state index in [1.165, 1.54) is 0 Å². The van der Waals surface area contributed by atoms with Crippen LogP contribution in [0.15, 0.2) is 60.7 Å². The van der Waals surface area contributed by atoms with Crippen LogP contribution in [0.25, 0.3) is 0 Å². The highest BCUT2D eigenvalue weighted by atomic mass is 16.5. The predicted octanol–water partition coefficient (Wildman–Crippen LogP) is 2.39. The van der Waals surface area contributed by atoms with Crippen LogP contribution in [0.2, 0.25) is 0 Å². The molecule has 0 radical (unpaired) electrons. The first-order valence-corrected chi connectivity index (χ1v) is 12.2. The number of aliphatic hydroxyl groups excluding tert-OH is 2. The predicted molar refractivity (Wildman–Crippen MR) is 137 cm³/mol. The quantitative estimate of drug-likeness (QED) is 0.371. The van der Waals surface area contributed by atoms with Crippen molar-refractivity contribution in [3.63, 3.8) is 0 Å². The number of β-amino-alcohol motifs (C(OH)–C–C–N with tert-alkyl or cyclic N) is 1. The second-order valence-corrected chi connectivity index (χ2v) is 10.3. The molecule has 1 aliphatic rings. The standard InChI is InChI=1S/C27H37N3O5.N2/c1-26(2,3)30-17-21(31)15-27(30,24(28)33)16-23(32)22(14-19-10-6-4-7-11-19)29-25(34)35-18-20-12-8-5-9-13-20;1-2/h4-13,21-23,31-32H,14-18H2,1-3H3,(H2,28,33)(H,29,34);/t21-,22-,23+,27+;/m0./s1. The van der Waals surface area contributed by atoms with E-state index in [0.717, 1.165) is 11.1 Å². The Morgan fingerprint density at radius 3 is 2.16 bits per heavy atom. The smallest absolute Gasteiger partial charge is 0.407 e. The lowest BCUT2D eigenvalue weighted by Crippen LogP contribution is -2.62. The van der Waals surface area contributed by atoms with E-state index in [9.17, 15) is 19.8 Å². The van der Waals surface area contributed by atoms with Crippen molar-refractivity contribution in [1.82, 2.24) is 10.2 Å². The van der Waals surface area contributed by atoms with Gasteiger partial charge in [0.1, 0.15) is 12.1 Å². The number of primary amides is 1. The summed E-state index contributed by atoms with van der Waals surface area (Å²) in [6.45, 7) is 6.19. The number of benzene rings is 2. The van der Waals surface area contributed by atoms with Crippen molar-refractivity contribution in [2.24, 2.45) is 5.73 Å². The van der Waals surface area contributed by atoms with Crippen molar-refractivity contribution in [2.45, 2.75) is 76.0 Å². The number of rotatable bonds is 9. The van der Waals surface area contributed by atoms with Crippen molar-refractivity contribution in [3.05, 3.63) is 71.8 Å². The summed E-state index contributed by atoms with van der Waals surface area (Å²) in [7, 11) is 0. The van der Waals surface area contributed by atoms with Gasteiger partial charge in [0.25, 0.3) is 0 Å². The molecule has 0 saturated carbocycles. The molecule has 1 saturated heterocycles. The van der Waals surface area contributed by atoms with E-state index >= 15 is 0 Å². The van der Waals surface area contributed by atoms with Gasteiger partial charge in [-0.2, -0.15) is 0 Å². The topological polar surface area (TPSA) is 173 Å². The number of carbonyl (C=O) groups is 2. The van der Waals surface area contributed by atoms with Crippen LogP contribution in [-0.4, -0.2) is 63.0 Å². The Hall–Kier alpha value is -3.52. The van der Waals surface area contributed by atoms with Gasteiger partial charge in [0.05, 0.1) is 18.2 Å². The average Bonchev–Trinajstić information content (AvgIpc) is 3.22. The fourth-order valence-electron chi connectivity index (χ4n) is 4.95. The molecule has 37 heavy (non-hydrogen) atoms. The molecule has 10 nitrogen and oxygen atoms in total. The van der Waals surface area contributed by atoms with Gasteiger partial charge in [0.15, 0.2) is 0 Å². The Morgan fingerprint density at radius 2 is 1.65 bits per heavy atom. The fourth-order valence-corrected chi connectivity index (χ4v) is 4.95. The fraction of sp³-hybridized carbons (Fsp3) is 0.481. The highest BCUT2D eigenvalue weighted by molar-refractivity contribution is 5.85. The molecule has 2 aromatic carbocycles. The number of alkyl carbamates (subject to hydrolysis) is 1. The van der Waals surface area contributed by atoms with Crippen LogP contribution in [-0.2, 0) is 22.6 Å². The maximum Gasteiger partial charge on any atom is 0.407 e. The summed E-state index contributed by atoms with van der Waals surface area (Å²) in [5, 5.41) is 36.6. The number of likely N-dealkylation sites (tertiary alicyclic amines) is 1. The monoisotopic (exact) mass is 511 g/mol. The highest BCUT2D eigenvalue weighted by Gasteiger charge is 2.54. The first-order chi connectivity index (χ1) is 17.5. The molecule has 0 aromatic heterocycles. The zero-order chi connectivity index (χ0) is 27.6. The number of hydrogen-bond donors (Lipinski definition) is 4. The van der Waals surface area contributed by atoms with Crippen LogP contribution in [0.4, 0.5) is 4.79 Å². The normalized spacial score (nSPS) is 21.2. The van der Waals surface area contributed by atoms with Gasteiger partial charge in [-0.15, -0.1) is 0 Å². The van der Waals surface area contributed by atoms with E-state index in [4.69, 9.17) is 21.3 Å². The SMILES string of the molecule is CC(C)(C)N1C[C@@H](O)C[C@@]1(C[C@@H](O)[C@H](Cc1ccccc1)NC(=O)OCc1ccccc1)C(N)=O.N#N. The molecule has 200 valence electrons. The van der Waals surface area contributed by atoms with Crippen molar-refractivity contribution >= 4 is 12.0 Å². The Kier molecular flexibility index (Phi) is 10.6. The van der Waals surface area contributed by atoms with Gasteiger partial charge in [0, 0.05) is 35.7 Å². The molecule has 10 heteroatoms. The van der Waals surface area contributed by atoms with E-state index in [1.54, 1.807) is 0 Å². The molecule has 2 amide bonds. The van der Waals surface area contributed by atoms with E-state index in [2.05, 4.69) is 5.32 Å². The molecule has 5 N–H and O–H groups in total. The minimum absolute atomic E-state index is 0.0346. The van der Waals surface area contributed by atoms with Gasteiger partial charge in [-0.05, 0) is 38.3 Å². The molecule has 1 fully saturated rings. The molecule has 0 aliphatic carbocycles. The third kappa shape index (κ3) is 7.98. The van der Waals surface area contributed by atoms with Crippen molar-refractivity contribution in [1.29, 1.82) is 10.8 Å². The van der Waals surface area contributed by atoms with Crippen molar-refractivity contribution in [2.75, 3.05) is 6.54 Å². The molecular formula is C27H37N5O5. The lowest BCUT2D eigenvalue weighted by atomic mass is 9.82. The number of nitrogens with two attached hydrogens (primary N) is 1. The number of amides is 2. The second kappa shape index (κ2) is 13.1. The number of nitrogens with one attached hydrogen (secondary N) is 1. The van der Waals surface area contributed by atoms with Crippen molar-refractivity contribution < 1.29 is 24.5 Å². The van der Waals surface area contributed by atoms with Gasteiger partial charge in [-0.1, -0.05) is 60.7 Å². The van der Waals surface area contributed by atoms with Crippen LogP contribution in [0.3, 0.4) is 0 Å². The van der Waals surface area contributed by atoms with Crippen LogP contribution in [0, 0.1) is 10.8 Å². The van der Waals surface area contributed by atoms with Crippen LogP contribution >= 0.6 is 0 Å². The first-order valence-electron chi connectivity index (χ1n) is 12.2. The summed E-state index contributed by atoms with van der Waals surface area (Å²) < 4.78 is 5.38. The Labute approximate surface area is 217 Å². The number of aliphatic hydroxyl groups is 2. The van der Waals surface area contributed by atoms with E-state index < -0.39 is 41.3 Å². The van der Waals surface area contributed by atoms with Gasteiger partial charge in [-0.25, -0.2) is 4.79 Å². The summed E-state index contributed by atoms with van der Waals surface area (Å²) in [5.74, 6) is -0.604. The third-order valence-electron chi connectivity index (χ3n) is 6.58. The van der Waals surface area contributed by atoms with E-state index in [-0.39, 0.29) is 26.0 Å².